The van der Waals surface area contributed by atoms with Crippen LogP contribution in [0.4, 0.5) is 0 Å². The van der Waals surface area contributed by atoms with E-state index in [0.29, 0.717) is 42.3 Å². The minimum Gasteiger partial charge on any atom is -0.491 e. The summed E-state index contributed by atoms with van der Waals surface area (Å²) in [5.74, 6) is 1.78. The van der Waals surface area contributed by atoms with Gasteiger partial charge in [0.2, 0.25) is 16.0 Å². The Kier molecular flexibility index (Phi) is 8.09. The largest absolute Gasteiger partial charge is 0.491 e. The summed E-state index contributed by atoms with van der Waals surface area (Å²) in [6.45, 7) is 4.51. The number of hydrogen-bond acceptors (Lipinski definition) is 7. The maximum absolute atomic E-state index is 14.1. The first kappa shape index (κ1) is 27.7. The van der Waals surface area contributed by atoms with Crippen molar-refractivity contribution >= 4 is 10.0 Å². The second-order valence-corrected chi connectivity index (χ2v) is 11.5. The first-order chi connectivity index (χ1) is 19.3. The van der Waals surface area contributed by atoms with Crippen LogP contribution in [0.3, 0.4) is 0 Å². The molecule has 208 valence electrons. The van der Waals surface area contributed by atoms with Crippen LogP contribution in [0, 0.1) is 0 Å². The molecule has 0 spiro atoms. The smallest absolute Gasteiger partial charge is 0.264 e. The van der Waals surface area contributed by atoms with E-state index >= 15 is 0 Å². The maximum Gasteiger partial charge on any atom is 0.264 e. The third-order valence-electron chi connectivity index (χ3n) is 6.96. The number of unbranched alkanes of at least 4 members (excludes halogenated alkanes) is 1. The summed E-state index contributed by atoms with van der Waals surface area (Å²) in [5, 5.41) is 5.43. The number of aromatic nitrogens is 4. The van der Waals surface area contributed by atoms with Crippen LogP contribution < -0.4 is 15.4 Å². The molecule has 0 saturated heterocycles. The highest BCUT2D eigenvalue weighted by atomic mass is 32.2. The van der Waals surface area contributed by atoms with E-state index in [1.165, 1.54) is 6.07 Å². The number of benzene rings is 2. The van der Waals surface area contributed by atoms with E-state index in [1.807, 2.05) is 31.2 Å². The van der Waals surface area contributed by atoms with E-state index < -0.39 is 10.0 Å². The van der Waals surface area contributed by atoms with Gasteiger partial charge in [-0.2, -0.15) is 0 Å². The first-order valence-corrected chi connectivity index (χ1v) is 15.2. The maximum atomic E-state index is 14.1. The van der Waals surface area contributed by atoms with E-state index in [0.717, 1.165) is 48.3 Å². The Morgan fingerprint density at radius 2 is 1.73 bits per heavy atom. The van der Waals surface area contributed by atoms with Gasteiger partial charge in [0, 0.05) is 23.5 Å². The Bertz CT molecular complexity index is 1660. The number of nitrogens with two attached hydrogens (primary N) is 1. The van der Waals surface area contributed by atoms with Crippen molar-refractivity contribution in [3.8, 4) is 22.8 Å². The first-order valence-electron chi connectivity index (χ1n) is 13.6. The summed E-state index contributed by atoms with van der Waals surface area (Å²) >= 11 is 0. The Hall–Kier alpha value is -3.89. The average molecular weight is 560 g/mol. The van der Waals surface area contributed by atoms with Crippen LogP contribution in [-0.2, 0) is 22.9 Å². The zero-order valence-corrected chi connectivity index (χ0v) is 23.5. The quantitative estimate of drug-likeness (QED) is 0.285. The summed E-state index contributed by atoms with van der Waals surface area (Å²) < 4.78 is 31.2. The van der Waals surface area contributed by atoms with Crippen LogP contribution >= 0.6 is 0 Å². The van der Waals surface area contributed by atoms with Crippen LogP contribution in [-0.4, -0.2) is 34.5 Å². The molecule has 2 heterocycles. The minimum absolute atomic E-state index is 0.0720. The molecule has 1 aliphatic rings. The standard InChI is InChI=1S/C30H33N5O4S/c1-3-5-9-26-25(17-20-11-13-21(14-12-20)24-8-6-7-10-27(24)40(31,37)38)29(36)35(28(34-26)22-15-16-22)30-32-18-23(19-33-30)39-4-2/h6-8,10-14,18-19,22H,3-5,9,15-17H2,1-2H3,(H2,31,37,38). The lowest BCUT2D eigenvalue weighted by Crippen LogP contribution is -2.30. The fourth-order valence-corrected chi connectivity index (χ4v) is 5.54. The van der Waals surface area contributed by atoms with Crippen LogP contribution in [0.2, 0.25) is 0 Å². The molecular weight excluding hydrogens is 526 g/mol. The predicted octanol–water partition coefficient (Wildman–Crippen LogP) is 4.55. The van der Waals surface area contributed by atoms with Crippen molar-refractivity contribution < 1.29 is 13.2 Å². The van der Waals surface area contributed by atoms with Gasteiger partial charge in [-0.05, 0) is 49.8 Å². The highest BCUT2D eigenvalue weighted by Crippen LogP contribution is 2.39. The molecule has 9 nitrogen and oxygen atoms in total. The molecule has 4 aromatic rings. The number of hydrogen-bond donors (Lipinski definition) is 1. The van der Waals surface area contributed by atoms with Gasteiger partial charge in [-0.1, -0.05) is 55.8 Å². The van der Waals surface area contributed by atoms with Crippen molar-refractivity contribution in [3.63, 3.8) is 0 Å². The van der Waals surface area contributed by atoms with Crippen molar-refractivity contribution in [2.45, 2.75) is 63.2 Å². The number of rotatable bonds is 11. The van der Waals surface area contributed by atoms with E-state index in [-0.39, 0.29) is 16.4 Å². The number of sulfonamides is 1. The molecule has 40 heavy (non-hydrogen) atoms. The van der Waals surface area contributed by atoms with Gasteiger partial charge in [0.25, 0.3) is 5.56 Å². The molecule has 2 aromatic heterocycles. The molecular formula is C30H33N5O4S. The Morgan fingerprint density at radius 1 is 1.02 bits per heavy atom. The third-order valence-corrected chi connectivity index (χ3v) is 7.93. The molecule has 10 heteroatoms. The predicted molar refractivity (Wildman–Crippen MR) is 153 cm³/mol. The molecule has 0 atom stereocenters. The van der Waals surface area contributed by atoms with Crippen LogP contribution in [0.15, 0.2) is 70.6 Å². The summed E-state index contributed by atoms with van der Waals surface area (Å²) in [4.78, 5) is 28.1. The van der Waals surface area contributed by atoms with Gasteiger partial charge < -0.3 is 4.74 Å². The van der Waals surface area contributed by atoms with Crippen LogP contribution in [0.5, 0.6) is 5.75 Å². The van der Waals surface area contributed by atoms with Gasteiger partial charge in [0.1, 0.15) is 5.82 Å². The SMILES string of the molecule is CCCCc1nc(C2CC2)n(-c2ncc(OCC)cn2)c(=O)c1Cc1ccc(-c2ccccc2S(N)(=O)=O)cc1. The molecule has 1 saturated carbocycles. The Morgan fingerprint density at radius 3 is 2.35 bits per heavy atom. The van der Waals surface area contributed by atoms with Gasteiger partial charge in [0.05, 0.1) is 29.6 Å². The van der Waals surface area contributed by atoms with Gasteiger partial charge in [0.15, 0.2) is 5.75 Å². The summed E-state index contributed by atoms with van der Waals surface area (Å²) in [5.41, 5.74) is 3.45. The van der Waals surface area contributed by atoms with Crippen LogP contribution in [0.1, 0.15) is 68.1 Å². The molecule has 2 aromatic carbocycles. The highest BCUT2D eigenvalue weighted by Gasteiger charge is 2.32. The summed E-state index contributed by atoms with van der Waals surface area (Å²) in [6.07, 6.45) is 8.14. The molecule has 5 rings (SSSR count). The fourth-order valence-electron chi connectivity index (χ4n) is 4.78. The highest BCUT2D eigenvalue weighted by molar-refractivity contribution is 7.89. The summed E-state index contributed by atoms with van der Waals surface area (Å²) in [6, 6.07) is 14.2. The van der Waals surface area contributed by atoms with Crippen molar-refractivity contribution in [1.82, 2.24) is 19.5 Å². The number of nitrogens with zero attached hydrogens (tertiary/aromatic N) is 4. The lowest BCUT2D eigenvalue weighted by atomic mass is 9.98. The summed E-state index contributed by atoms with van der Waals surface area (Å²) in [7, 11) is -3.88. The molecule has 1 aliphatic carbocycles. The van der Waals surface area contributed by atoms with E-state index in [1.54, 1.807) is 35.2 Å². The molecule has 0 unspecified atom stereocenters. The van der Waals surface area contributed by atoms with Crippen LogP contribution in [0.25, 0.3) is 17.1 Å². The minimum atomic E-state index is -3.88. The van der Waals surface area contributed by atoms with Gasteiger partial charge in [-0.25, -0.2) is 33.1 Å². The normalized spacial score (nSPS) is 13.4. The second-order valence-electron chi connectivity index (χ2n) is 9.98. The zero-order valence-electron chi connectivity index (χ0n) is 22.7. The zero-order chi connectivity index (χ0) is 28.3. The Labute approximate surface area is 234 Å². The van der Waals surface area contributed by atoms with Crippen molar-refractivity contribution in [2.24, 2.45) is 5.14 Å². The lowest BCUT2D eigenvalue weighted by molar-refractivity contribution is 0.337. The van der Waals surface area contributed by atoms with Crippen molar-refractivity contribution in [1.29, 1.82) is 0 Å². The molecule has 1 fully saturated rings. The van der Waals surface area contributed by atoms with Crippen molar-refractivity contribution in [2.75, 3.05) is 6.61 Å². The molecule has 2 N–H and O–H groups in total. The van der Waals surface area contributed by atoms with E-state index in [2.05, 4.69) is 16.9 Å². The van der Waals surface area contributed by atoms with E-state index in [9.17, 15) is 13.2 Å². The monoisotopic (exact) mass is 559 g/mol. The second kappa shape index (κ2) is 11.7. The van der Waals surface area contributed by atoms with Gasteiger partial charge in [-0.15, -0.1) is 0 Å². The average Bonchev–Trinajstić information content (AvgIpc) is 3.80. The number of ether oxygens (including phenoxy) is 1. The van der Waals surface area contributed by atoms with Gasteiger partial charge >= 0.3 is 0 Å². The number of aryl methyl sites for hydroxylation is 1. The van der Waals surface area contributed by atoms with Gasteiger partial charge in [-0.3, -0.25) is 4.79 Å². The molecule has 0 aliphatic heterocycles. The van der Waals surface area contributed by atoms with Crippen molar-refractivity contribution in [3.05, 3.63) is 93.9 Å². The third kappa shape index (κ3) is 5.97. The molecule has 0 radical (unpaired) electrons. The molecule has 0 amide bonds. The number of primary sulfonamides is 1. The van der Waals surface area contributed by atoms with E-state index in [4.69, 9.17) is 14.9 Å². The topological polar surface area (TPSA) is 130 Å². The molecule has 0 bridgehead atoms. The fraction of sp³-hybridized carbons (Fsp3) is 0.333. The lowest BCUT2D eigenvalue weighted by Gasteiger charge is -2.16. The Balaban J connectivity index is 1.55.